The summed E-state index contributed by atoms with van der Waals surface area (Å²) in [5, 5.41) is 14.3. The van der Waals surface area contributed by atoms with Crippen LogP contribution < -0.4 is 20.1 Å². The Balaban J connectivity index is 1.54. The van der Waals surface area contributed by atoms with E-state index in [1.165, 1.54) is 0 Å². The van der Waals surface area contributed by atoms with Gasteiger partial charge in [-0.25, -0.2) is 4.79 Å². The lowest BCUT2D eigenvalue weighted by Gasteiger charge is -2.37. The van der Waals surface area contributed by atoms with E-state index in [0.717, 1.165) is 43.2 Å². The van der Waals surface area contributed by atoms with Crippen LogP contribution in [0.25, 0.3) is 0 Å². The summed E-state index contributed by atoms with van der Waals surface area (Å²) < 4.78 is 12.5. The lowest BCUT2D eigenvalue weighted by Crippen LogP contribution is -2.47. The average Bonchev–Trinajstić information content (AvgIpc) is 2.93. The highest BCUT2D eigenvalue weighted by Gasteiger charge is 2.47. The summed E-state index contributed by atoms with van der Waals surface area (Å²) in [6.45, 7) is 4.50. The first-order valence-corrected chi connectivity index (χ1v) is 9.19. The maximum Gasteiger partial charge on any atom is 0.404 e. The number of nitrogens with one attached hydrogen (secondary N) is 2. The number of ether oxygens (including phenoxy) is 2. The molecule has 0 saturated heterocycles. The summed E-state index contributed by atoms with van der Waals surface area (Å²) in [6.07, 6.45) is 3.02. The molecule has 1 aromatic rings. The molecule has 1 aliphatic carbocycles. The van der Waals surface area contributed by atoms with Crippen LogP contribution in [-0.4, -0.2) is 35.5 Å². The van der Waals surface area contributed by atoms with Gasteiger partial charge in [0.1, 0.15) is 0 Å². The Morgan fingerprint density at radius 1 is 1.31 bits per heavy atom. The Morgan fingerprint density at radius 2 is 2.04 bits per heavy atom. The summed E-state index contributed by atoms with van der Waals surface area (Å²) >= 11 is 0. The van der Waals surface area contributed by atoms with Gasteiger partial charge < -0.3 is 25.2 Å². The quantitative estimate of drug-likeness (QED) is 0.753. The van der Waals surface area contributed by atoms with Crippen molar-refractivity contribution < 1.29 is 24.2 Å². The van der Waals surface area contributed by atoms with Crippen LogP contribution in [0.4, 0.5) is 4.79 Å². The number of hydrogen-bond donors (Lipinski definition) is 3. The van der Waals surface area contributed by atoms with E-state index in [-0.39, 0.29) is 17.9 Å². The van der Waals surface area contributed by atoms with Gasteiger partial charge in [-0.1, -0.05) is 0 Å². The van der Waals surface area contributed by atoms with Crippen LogP contribution in [0.1, 0.15) is 54.1 Å². The number of carbonyl (C=O) groups excluding carboxylic acids is 1. The second-order valence-corrected chi connectivity index (χ2v) is 7.59. The number of carboxylic acid groups (broad SMARTS) is 1. The molecule has 2 amide bonds. The van der Waals surface area contributed by atoms with Crippen LogP contribution in [0.2, 0.25) is 0 Å². The molecule has 1 aromatic carbocycles. The average molecular weight is 360 g/mol. The van der Waals surface area contributed by atoms with E-state index in [4.69, 9.17) is 14.6 Å². The highest BCUT2D eigenvalue weighted by molar-refractivity contribution is 5.99. The number of fused-ring (bicyclic) bond motifs is 2. The van der Waals surface area contributed by atoms with E-state index in [2.05, 4.69) is 10.6 Å². The van der Waals surface area contributed by atoms with Crippen molar-refractivity contribution in [3.63, 3.8) is 0 Å². The summed E-state index contributed by atoms with van der Waals surface area (Å²) in [4.78, 5) is 23.0. The molecule has 26 heavy (non-hydrogen) atoms. The minimum atomic E-state index is -0.972. The van der Waals surface area contributed by atoms with Crippen molar-refractivity contribution in [2.24, 2.45) is 5.92 Å². The van der Waals surface area contributed by atoms with Gasteiger partial charge in [-0.05, 0) is 50.7 Å². The summed E-state index contributed by atoms with van der Waals surface area (Å²) in [5.74, 6) is 0.719. The van der Waals surface area contributed by atoms with E-state index in [1.54, 1.807) is 0 Å². The van der Waals surface area contributed by atoms with Crippen molar-refractivity contribution in [3.05, 3.63) is 22.8 Å². The van der Waals surface area contributed by atoms with Crippen molar-refractivity contribution in [2.45, 2.75) is 57.8 Å². The molecule has 2 aliphatic heterocycles. The second kappa shape index (κ2) is 6.07. The lowest BCUT2D eigenvalue weighted by molar-refractivity contribution is -0.121. The predicted octanol–water partition coefficient (Wildman–Crippen LogP) is 2.59. The first-order valence-electron chi connectivity index (χ1n) is 9.19. The third-order valence-electron chi connectivity index (χ3n) is 5.89. The molecule has 2 heterocycles. The van der Waals surface area contributed by atoms with Gasteiger partial charge in [0.25, 0.3) is 11.7 Å². The first-order chi connectivity index (χ1) is 12.4. The molecule has 1 saturated carbocycles. The van der Waals surface area contributed by atoms with Gasteiger partial charge in [-0.15, -0.1) is 0 Å². The topological polar surface area (TPSA) is 96.9 Å². The van der Waals surface area contributed by atoms with Crippen molar-refractivity contribution in [2.75, 3.05) is 6.54 Å². The summed E-state index contributed by atoms with van der Waals surface area (Å²) in [7, 11) is 0. The van der Waals surface area contributed by atoms with E-state index >= 15 is 0 Å². The van der Waals surface area contributed by atoms with Crippen LogP contribution in [0, 0.1) is 12.8 Å². The van der Waals surface area contributed by atoms with Gasteiger partial charge in [-0.2, -0.15) is 0 Å². The first kappa shape index (κ1) is 17.0. The van der Waals surface area contributed by atoms with Crippen LogP contribution in [0.15, 0.2) is 6.07 Å². The molecule has 3 aliphatic rings. The molecule has 140 valence electrons. The van der Waals surface area contributed by atoms with E-state index in [0.29, 0.717) is 23.6 Å². The number of benzene rings is 1. The lowest BCUT2D eigenvalue weighted by atomic mass is 9.81. The Kier molecular flexibility index (Phi) is 3.97. The molecule has 4 rings (SSSR count). The van der Waals surface area contributed by atoms with Gasteiger partial charge >= 0.3 is 6.09 Å². The van der Waals surface area contributed by atoms with E-state index < -0.39 is 11.9 Å². The molecule has 0 radical (unpaired) electrons. The molecule has 3 N–H and O–H groups in total. The van der Waals surface area contributed by atoms with Gasteiger partial charge in [0.15, 0.2) is 11.5 Å². The fourth-order valence-electron chi connectivity index (χ4n) is 4.50. The van der Waals surface area contributed by atoms with E-state index in [1.807, 2.05) is 19.9 Å². The standard InChI is InChI=1S/C19H24N2O5/c1-10-15-11(7-8-20-17(15)22)9-14-16(10)26-19(2,25-14)12-3-5-13(6-4-12)21-18(23)24/h9,12-13,21H,3-8H2,1-2H3,(H,20,22)(H,23,24)/t12-,13-,19?. The van der Waals surface area contributed by atoms with E-state index in [9.17, 15) is 9.59 Å². The highest BCUT2D eigenvalue weighted by Crippen LogP contribution is 2.49. The Hall–Kier alpha value is -2.44. The fourth-order valence-corrected chi connectivity index (χ4v) is 4.50. The van der Waals surface area contributed by atoms with Crippen molar-refractivity contribution >= 4 is 12.0 Å². The van der Waals surface area contributed by atoms with Gasteiger partial charge in [-0.3, -0.25) is 4.79 Å². The SMILES string of the molecule is Cc1c2c(cc3c1C(=O)NCC3)OC(C)([C@H]1CC[C@H](NC(=O)O)CC1)O2. The molecular weight excluding hydrogens is 336 g/mol. The summed E-state index contributed by atoms with van der Waals surface area (Å²) in [5.41, 5.74) is 2.55. The number of hydrogen-bond acceptors (Lipinski definition) is 4. The Labute approximate surface area is 152 Å². The molecular formula is C19H24N2O5. The monoisotopic (exact) mass is 360 g/mol. The van der Waals surface area contributed by atoms with Gasteiger partial charge in [0.05, 0.1) is 0 Å². The molecule has 1 fully saturated rings. The smallest absolute Gasteiger partial charge is 0.404 e. The normalized spacial score (nSPS) is 29.7. The Morgan fingerprint density at radius 3 is 2.73 bits per heavy atom. The predicted molar refractivity (Wildman–Crippen MR) is 93.8 cm³/mol. The largest absolute Gasteiger partial charge is 0.465 e. The minimum Gasteiger partial charge on any atom is -0.465 e. The van der Waals surface area contributed by atoms with Crippen LogP contribution in [-0.2, 0) is 6.42 Å². The molecule has 7 nitrogen and oxygen atoms in total. The zero-order valence-corrected chi connectivity index (χ0v) is 15.1. The molecule has 7 heteroatoms. The number of carbonyl (C=O) groups is 2. The maximum absolute atomic E-state index is 12.2. The van der Waals surface area contributed by atoms with Crippen LogP contribution >= 0.6 is 0 Å². The fraction of sp³-hybridized carbons (Fsp3) is 0.579. The van der Waals surface area contributed by atoms with Crippen molar-refractivity contribution in [1.29, 1.82) is 0 Å². The maximum atomic E-state index is 12.2. The van der Waals surface area contributed by atoms with Crippen molar-refractivity contribution in [3.8, 4) is 11.5 Å². The molecule has 0 spiro atoms. The number of rotatable bonds is 2. The summed E-state index contributed by atoms with van der Waals surface area (Å²) in [6, 6.07) is 1.94. The third-order valence-corrected chi connectivity index (χ3v) is 5.89. The number of amides is 2. The van der Waals surface area contributed by atoms with Crippen LogP contribution in [0.3, 0.4) is 0 Å². The zero-order chi connectivity index (χ0) is 18.5. The minimum absolute atomic E-state index is 0.00567. The molecule has 0 bridgehead atoms. The molecule has 0 aromatic heterocycles. The molecule has 1 unspecified atom stereocenters. The van der Waals surface area contributed by atoms with Crippen molar-refractivity contribution in [1.82, 2.24) is 10.6 Å². The Bertz CT molecular complexity index is 770. The van der Waals surface area contributed by atoms with Crippen LogP contribution in [0.5, 0.6) is 11.5 Å². The molecule has 1 atom stereocenters. The zero-order valence-electron chi connectivity index (χ0n) is 15.1. The second-order valence-electron chi connectivity index (χ2n) is 7.59. The third kappa shape index (κ3) is 2.75. The van der Waals surface area contributed by atoms with Gasteiger partial charge in [0.2, 0.25) is 0 Å². The van der Waals surface area contributed by atoms with Gasteiger partial charge in [0, 0.05) is 36.6 Å². The highest BCUT2D eigenvalue weighted by atomic mass is 16.7.